The second kappa shape index (κ2) is 9.66. The van der Waals surface area contributed by atoms with E-state index >= 15 is 0 Å². The maximum Gasteiger partial charge on any atom is 0.159 e. The Balaban J connectivity index is 1.20. The van der Waals surface area contributed by atoms with Crippen molar-refractivity contribution in [3.05, 3.63) is 65.9 Å². The Morgan fingerprint density at radius 2 is 1.95 bits per heavy atom. The first-order chi connectivity index (χ1) is 18.7. The van der Waals surface area contributed by atoms with Gasteiger partial charge in [-0.25, -0.2) is 4.98 Å². The van der Waals surface area contributed by atoms with E-state index in [1.54, 1.807) is 17.5 Å². The summed E-state index contributed by atoms with van der Waals surface area (Å²) in [5.41, 5.74) is 6.37. The third-order valence-electron chi connectivity index (χ3n) is 7.07. The number of para-hydroxylation sites is 1. The van der Waals surface area contributed by atoms with Crippen molar-refractivity contribution < 1.29 is 4.74 Å². The van der Waals surface area contributed by atoms with E-state index in [1.807, 2.05) is 24.5 Å². The van der Waals surface area contributed by atoms with E-state index in [9.17, 15) is 0 Å². The monoisotopic (exact) mass is 521 g/mol. The maximum absolute atomic E-state index is 6.01. The molecule has 1 aromatic carbocycles. The summed E-state index contributed by atoms with van der Waals surface area (Å²) >= 11 is 1.77. The summed E-state index contributed by atoms with van der Waals surface area (Å²) in [6, 6.07) is 14.6. The molecule has 0 bridgehead atoms. The molecule has 8 nitrogen and oxygen atoms in total. The second-order valence-corrected chi connectivity index (χ2v) is 11.0. The number of thiophene rings is 1. The number of H-pyrrole nitrogens is 2. The van der Waals surface area contributed by atoms with Gasteiger partial charge in [-0.3, -0.25) is 20.0 Å². The van der Waals surface area contributed by atoms with Crippen molar-refractivity contribution in [3.8, 4) is 39.0 Å². The van der Waals surface area contributed by atoms with Gasteiger partial charge in [-0.05, 0) is 63.2 Å². The van der Waals surface area contributed by atoms with Gasteiger partial charge in [-0.2, -0.15) is 5.10 Å². The lowest BCUT2D eigenvalue weighted by atomic mass is 10.1. The molecule has 0 aliphatic carbocycles. The van der Waals surface area contributed by atoms with Crippen LogP contribution >= 0.6 is 11.3 Å². The van der Waals surface area contributed by atoms with E-state index in [2.05, 4.69) is 67.3 Å². The Hall–Kier alpha value is -4.08. The van der Waals surface area contributed by atoms with Crippen molar-refractivity contribution in [3.63, 3.8) is 0 Å². The number of aryl methyl sites for hydroxylation is 1. The fraction of sp³-hybridized carbons (Fsp3) is 0.241. The van der Waals surface area contributed by atoms with Crippen molar-refractivity contribution in [2.45, 2.75) is 19.8 Å². The normalized spacial score (nSPS) is 14.1. The third kappa shape index (κ3) is 4.33. The van der Waals surface area contributed by atoms with Gasteiger partial charge in [0.25, 0.3) is 0 Å². The van der Waals surface area contributed by atoms with Gasteiger partial charge in [0.15, 0.2) is 5.82 Å². The van der Waals surface area contributed by atoms with E-state index in [0.29, 0.717) is 6.61 Å². The molecule has 1 saturated heterocycles. The number of likely N-dealkylation sites (tertiary alicyclic amines) is 1. The van der Waals surface area contributed by atoms with Crippen LogP contribution in [0.4, 0.5) is 0 Å². The minimum absolute atomic E-state index is 0.655. The number of fused-ring (bicyclic) bond motifs is 2. The van der Waals surface area contributed by atoms with Crippen molar-refractivity contribution in [2.75, 3.05) is 26.2 Å². The van der Waals surface area contributed by atoms with Gasteiger partial charge < -0.3 is 9.72 Å². The van der Waals surface area contributed by atoms with E-state index in [4.69, 9.17) is 9.72 Å². The first kappa shape index (κ1) is 23.1. The smallest absolute Gasteiger partial charge is 0.159 e. The van der Waals surface area contributed by atoms with E-state index < -0.39 is 0 Å². The molecule has 7 rings (SSSR count). The molecule has 1 fully saturated rings. The van der Waals surface area contributed by atoms with Crippen LogP contribution in [0, 0.1) is 6.92 Å². The van der Waals surface area contributed by atoms with Crippen LogP contribution in [-0.4, -0.2) is 61.3 Å². The summed E-state index contributed by atoms with van der Waals surface area (Å²) < 4.78 is 6.01. The lowest BCUT2D eigenvalue weighted by Gasteiger charge is -2.15. The number of benzene rings is 1. The quantitative estimate of drug-likeness (QED) is 0.265. The summed E-state index contributed by atoms with van der Waals surface area (Å²) in [4.78, 5) is 22.5. The Kier molecular flexibility index (Phi) is 5.87. The summed E-state index contributed by atoms with van der Waals surface area (Å²) in [7, 11) is 0. The van der Waals surface area contributed by atoms with E-state index in [0.717, 1.165) is 62.6 Å². The van der Waals surface area contributed by atoms with Crippen LogP contribution in [0.3, 0.4) is 0 Å². The van der Waals surface area contributed by atoms with Gasteiger partial charge in [0, 0.05) is 39.0 Å². The Bertz CT molecular complexity index is 1740. The van der Waals surface area contributed by atoms with Crippen molar-refractivity contribution in [1.82, 2.24) is 35.0 Å². The minimum Gasteiger partial charge on any atom is -0.491 e. The standard InChI is InChI=1S/C29H27N7OS/c1-18-7-8-26(38-18)21-5-4-6-23-27(21)33-29(32-23)28-22-14-24(31-17-25(22)34-35-28)19-13-20(16-30-15-19)37-12-11-36-9-2-3-10-36/h4-8,13-17H,2-3,9-12H2,1H3,(H,32,33)(H,34,35). The number of nitrogens with zero attached hydrogens (tertiary/aromatic N) is 5. The van der Waals surface area contributed by atoms with Crippen LogP contribution in [0.15, 0.2) is 61.1 Å². The molecule has 1 aliphatic rings. The lowest BCUT2D eigenvalue weighted by molar-refractivity contribution is 0.237. The highest BCUT2D eigenvalue weighted by atomic mass is 32.1. The number of ether oxygens (including phenoxy) is 1. The van der Waals surface area contributed by atoms with Crippen molar-refractivity contribution in [2.24, 2.45) is 0 Å². The highest BCUT2D eigenvalue weighted by molar-refractivity contribution is 7.15. The van der Waals surface area contributed by atoms with Crippen molar-refractivity contribution in [1.29, 1.82) is 0 Å². The Labute approximate surface area is 223 Å². The number of aromatic nitrogens is 6. The zero-order valence-corrected chi connectivity index (χ0v) is 21.9. The molecule has 2 N–H and O–H groups in total. The molecule has 0 saturated carbocycles. The van der Waals surface area contributed by atoms with Crippen LogP contribution in [0.5, 0.6) is 5.75 Å². The van der Waals surface area contributed by atoms with Gasteiger partial charge in [-0.15, -0.1) is 11.3 Å². The molecular formula is C29H27N7OS. The molecule has 5 aromatic heterocycles. The zero-order chi connectivity index (χ0) is 25.5. The second-order valence-electron chi connectivity index (χ2n) is 9.69. The highest BCUT2D eigenvalue weighted by Crippen LogP contribution is 2.35. The van der Waals surface area contributed by atoms with Gasteiger partial charge in [0.1, 0.15) is 18.1 Å². The molecule has 1 aliphatic heterocycles. The largest absolute Gasteiger partial charge is 0.491 e. The molecule has 0 radical (unpaired) electrons. The summed E-state index contributed by atoms with van der Waals surface area (Å²) in [6.07, 6.45) is 7.95. The summed E-state index contributed by atoms with van der Waals surface area (Å²) in [5.74, 6) is 1.48. The number of aromatic amines is 2. The first-order valence-corrected chi connectivity index (χ1v) is 13.7. The molecule has 38 heavy (non-hydrogen) atoms. The average molecular weight is 522 g/mol. The number of pyridine rings is 2. The molecule has 6 heterocycles. The van der Waals surface area contributed by atoms with Crippen LogP contribution < -0.4 is 4.74 Å². The number of imidazole rings is 1. The number of nitrogens with one attached hydrogen (secondary N) is 2. The van der Waals surface area contributed by atoms with Crippen LogP contribution in [0.1, 0.15) is 17.7 Å². The van der Waals surface area contributed by atoms with E-state index in [-0.39, 0.29) is 0 Å². The number of hydrogen-bond acceptors (Lipinski definition) is 7. The predicted molar refractivity (Wildman–Crippen MR) is 151 cm³/mol. The molecule has 9 heteroatoms. The van der Waals surface area contributed by atoms with Crippen LogP contribution in [-0.2, 0) is 0 Å². The first-order valence-electron chi connectivity index (χ1n) is 12.9. The lowest BCUT2D eigenvalue weighted by Crippen LogP contribution is -2.25. The van der Waals surface area contributed by atoms with Crippen LogP contribution in [0.25, 0.3) is 55.2 Å². The predicted octanol–water partition coefficient (Wildman–Crippen LogP) is 6.07. The minimum atomic E-state index is 0.655. The van der Waals surface area contributed by atoms with Crippen molar-refractivity contribution >= 4 is 33.3 Å². The Morgan fingerprint density at radius 1 is 1.03 bits per heavy atom. The van der Waals surface area contributed by atoms with E-state index in [1.165, 1.54) is 35.7 Å². The molecular weight excluding hydrogens is 494 g/mol. The third-order valence-corrected chi connectivity index (χ3v) is 8.11. The fourth-order valence-corrected chi connectivity index (χ4v) is 6.01. The Morgan fingerprint density at radius 3 is 2.82 bits per heavy atom. The summed E-state index contributed by atoms with van der Waals surface area (Å²) in [6.45, 7) is 6.05. The molecule has 0 amide bonds. The molecule has 0 unspecified atom stereocenters. The molecule has 6 aromatic rings. The maximum atomic E-state index is 6.01. The van der Waals surface area contributed by atoms with Gasteiger partial charge >= 0.3 is 0 Å². The number of hydrogen-bond donors (Lipinski definition) is 2. The number of rotatable bonds is 7. The fourth-order valence-electron chi connectivity index (χ4n) is 5.11. The molecule has 0 spiro atoms. The van der Waals surface area contributed by atoms with Crippen LogP contribution in [0.2, 0.25) is 0 Å². The van der Waals surface area contributed by atoms with Gasteiger partial charge in [0.05, 0.1) is 34.6 Å². The zero-order valence-electron chi connectivity index (χ0n) is 21.1. The average Bonchev–Trinajstić information content (AvgIpc) is 3.74. The molecule has 190 valence electrons. The SMILES string of the molecule is Cc1ccc(-c2cccc3[nH]c(-c4n[nH]c5cnc(-c6cncc(OCCN7CCCC7)c6)cc45)nc23)s1. The topological polar surface area (TPSA) is 95.6 Å². The van der Waals surface area contributed by atoms with Gasteiger partial charge in [0.2, 0.25) is 0 Å². The molecule has 0 atom stereocenters. The van der Waals surface area contributed by atoms with Gasteiger partial charge in [-0.1, -0.05) is 12.1 Å². The highest BCUT2D eigenvalue weighted by Gasteiger charge is 2.17. The summed E-state index contributed by atoms with van der Waals surface area (Å²) in [5, 5.41) is 8.65.